The number of hydrogen-bond acceptors (Lipinski definition) is 4. The number of methoxy groups -OCH3 is 1. The molecule has 1 atom stereocenters. The molecule has 0 bridgehead atoms. The summed E-state index contributed by atoms with van der Waals surface area (Å²) < 4.78 is 10.3. The Bertz CT molecular complexity index is 291. The highest BCUT2D eigenvalue weighted by atomic mass is 16.5. The van der Waals surface area contributed by atoms with Crippen molar-refractivity contribution in [3.05, 3.63) is 0 Å². The lowest BCUT2D eigenvalue weighted by molar-refractivity contribution is -0.120. The Balaban J connectivity index is 2.12. The molecule has 110 valence electrons. The number of ether oxygens (including phenoxy) is 2. The fourth-order valence-electron chi connectivity index (χ4n) is 1.76. The Morgan fingerprint density at radius 1 is 1.42 bits per heavy atom. The van der Waals surface area contributed by atoms with E-state index in [1.807, 2.05) is 0 Å². The lowest BCUT2D eigenvalue weighted by atomic mass is 10.2. The van der Waals surface area contributed by atoms with Gasteiger partial charge in [0.15, 0.2) is 5.96 Å². The highest BCUT2D eigenvalue weighted by Gasteiger charge is 2.15. The van der Waals surface area contributed by atoms with Gasteiger partial charge in [-0.1, -0.05) is 0 Å². The maximum Gasteiger partial charge on any atom is 0.239 e. The predicted octanol–water partition coefficient (Wildman–Crippen LogP) is -0.907. The highest BCUT2D eigenvalue weighted by molar-refractivity contribution is 5.86. The van der Waals surface area contributed by atoms with Gasteiger partial charge in [0.25, 0.3) is 0 Å². The number of carbonyl (C=O) groups is 1. The van der Waals surface area contributed by atoms with Crippen LogP contribution in [0.25, 0.3) is 0 Å². The molecule has 7 heteroatoms. The first-order valence-electron chi connectivity index (χ1n) is 6.58. The van der Waals surface area contributed by atoms with Gasteiger partial charge in [0.2, 0.25) is 5.91 Å². The first kappa shape index (κ1) is 15.7. The normalized spacial score (nSPS) is 19.3. The average molecular weight is 272 g/mol. The topological polar surface area (TPSA) is 84.0 Å². The maximum atomic E-state index is 11.5. The number of hydrogen-bond donors (Lipinski definition) is 3. The second kappa shape index (κ2) is 9.57. The van der Waals surface area contributed by atoms with E-state index in [4.69, 9.17) is 9.47 Å². The van der Waals surface area contributed by atoms with Crippen molar-refractivity contribution in [1.82, 2.24) is 16.0 Å². The molecule has 0 radical (unpaired) electrons. The van der Waals surface area contributed by atoms with E-state index in [9.17, 15) is 4.79 Å². The monoisotopic (exact) mass is 272 g/mol. The zero-order valence-corrected chi connectivity index (χ0v) is 11.7. The summed E-state index contributed by atoms with van der Waals surface area (Å²) in [7, 11) is 3.27. The number of guanidine groups is 1. The van der Waals surface area contributed by atoms with Crippen LogP contribution in [-0.4, -0.2) is 65.0 Å². The van der Waals surface area contributed by atoms with E-state index in [1.54, 1.807) is 14.2 Å². The lowest BCUT2D eigenvalue weighted by Gasteiger charge is -2.14. The van der Waals surface area contributed by atoms with Crippen LogP contribution in [0.1, 0.15) is 12.8 Å². The van der Waals surface area contributed by atoms with Crippen LogP contribution in [0.2, 0.25) is 0 Å². The molecule has 1 fully saturated rings. The third-order valence-electron chi connectivity index (χ3n) is 2.79. The van der Waals surface area contributed by atoms with Crippen molar-refractivity contribution in [2.24, 2.45) is 4.99 Å². The van der Waals surface area contributed by atoms with Crippen LogP contribution in [0.5, 0.6) is 0 Å². The van der Waals surface area contributed by atoms with E-state index in [1.165, 1.54) is 0 Å². The highest BCUT2D eigenvalue weighted by Crippen LogP contribution is 2.10. The van der Waals surface area contributed by atoms with Crippen molar-refractivity contribution >= 4 is 11.9 Å². The van der Waals surface area contributed by atoms with Crippen molar-refractivity contribution in [3.63, 3.8) is 0 Å². The molecular formula is C12H24N4O3. The zero-order chi connectivity index (χ0) is 13.9. The number of aliphatic imine (C=N–C) groups is 1. The number of nitrogens with zero attached hydrogens (tertiary/aromatic N) is 1. The minimum absolute atomic E-state index is 0.0860. The molecule has 0 saturated carbocycles. The van der Waals surface area contributed by atoms with Crippen molar-refractivity contribution in [1.29, 1.82) is 0 Å². The molecule has 7 nitrogen and oxygen atoms in total. The standard InChI is InChI=1S/C12H24N4O3/c1-13-12(15-8-10-4-3-6-19-10)16-9-11(17)14-5-7-18-2/h10H,3-9H2,1-2H3,(H,14,17)(H2,13,15,16). The summed E-state index contributed by atoms with van der Waals surface area (Å²) in [4.78, 5) is 15.5. The summed E-state index contributed by atoms with van der Waals surface area (Å²) >= 11 is 0. The minimum Gasteiger partial charge on any atom is -0.383 e. The minimum atomic E-state index is -0.0860. The van der Waals surface area contributed by atoms with Gasteiger partial charge in [0.1, 0.15) is 0 Å². The van der Waals surface area contributed by atoms with Gasteiger partial charge in [-0.2, -0.15) is 0 Å². The molecule has 1 aliphatic heterocycles. The van der Waals surface area contributed by atoms with Crippen LogP contribution in [0.3, 0.4) is 0 Å². The van der Waals surface area contributed by atoms with Gasteiger partial charge in [-0.3, -0.25) is 9.79 Å². The Morgan fingerprint density at radius 3 is 2.89 bits per heavy atom. The Hall–Kier alpha value is -1.34. The fourth-order valence-corrected chi connectivity index (χ4v) is 1.76. The van der Waals surface area contributed by atoms with Crippen LogP contribution in [0.4, 0.5) is 0 Å². The van der Waals surface area contributed by atoms with Crippen LogP contribution in [0.15, 0.2) is 4.99 Å². The first-order chi connectivity index (χ1) is 9.26. The summed E-state index contributed by atoms with van der Waals surface area (Å²) in [5.41, 5.74) is 0. The molecule has 1 heterocycles. The van der Waals surface area contributed by atoms with Gasteiger partial charge in [0, 0.05) is 33.9 Å². The number of nitrogens with one attached hydrogen (secondary N) is 3. The fraction of sp³-hybridized carbons (Fsp3) is 0.833. The van der Waals surface area contributed by atoms with Gasteiger partial charge >= 0.3 is 0 Å². The Kier molecular flexibility index (Phi) is 7.92. The second-order valence-corrected chi connectivity index (χ2v) is 4.28. The van der Waals surface area contributed by atoms with E-state index in [2.05, 4.69) is 20.9 Å². The molecule has 0 aromatic carbocycles. The van der Waals surface area contributed by atoms with Crippen LogP contribution >= 0.6 is 0 Å². The predicted molar refractivity (Wildman–Crippen MR) is 73.2 cm³/mol. The lowest BCUT2D eigenvalue weighted by Crippen LogP contribution is -2.45. The molecule has 3 N–H and O–H groups in total. The van der Waals surface area contributed by atoms with Gasteiger partial charge in [-0.05, 0) is 12.8 Å². The smallest absolute Gasteiger partial charge is 0.239 e. The van der Waals surface area contributed by atoms with E-state index in [0.29, 0.717) is 25.7 Å². The molecule has 1 rings (SSSR count). The van der Waals surface area contributed by atoms with Crippen LogP contribution in [0, 0.1) is 0 Å². The Morgan fingerprint density at radius 2 is 2.26 bits per heavy atom. The molecular weight excluding hydrogens is 248 g/mol. The number of carbonyl (C=O) groups excluding carboxylic acids is 1. The Labute approximate surface area is 114 Å². The molecule has 1 amide bonds. The molecule has 0 spiro atoms. The van der Waals surface area contributed by atoms with E-state index >= 15 is 0 Å². The van der Waals surface area contributed by atoms with Gasteiger partial charge in [-0.15, -0.1) is 0 Å². The summed E-state index contributed by atoms with van der Waals surface area (Å²) in [6.45, 7) is 2.76. The zero-order valence-electron chi connectivity index (χ0n) is 11.7. The van der Waals surface area contributed by atoms with Crippen molar-refractivity contribution in [3.8, 4) is 0 Å². The molecule has 1 aliphatic rings. The third kappa shape index (κ3) is 6.97. The first-order valence-corrected chi connectivity index (χ1v) is 6.58. The van der Waals surface area contributed by atoms with Crippen molar-refractivity contribution in [2.45, 2.75) is 18.9 Å². The quantitative estimate of drug-likeness (QED) is 0.317. The van der Waals surface area contributed by atoms with Crippen molar-refractivity contribution < 1.29 is 14.3 Å². The van der Waals surface area contributed by atoms with Gasteiger partial charge in [0.05, 0.1) is 19.3 Å². The molecule has 1 unspecified atom stereocenters. The molecule has 19 heavy (non-hydrogen) atoms. The number of rotatable bonds is 7. The van der Waals surface area contributed by atoms with Gasteiger partial charge < -0.3 is 25.4 Å². The van der Waals surface area contributed by atoms with Gasteiger partial charge in [-0.25, -0.2) is 0 Å². The molecule has 0 aromatic rings. The molecule has 1 saturated heterocycles. The summed E-state index contributed by atoms with van der Waals surface area (Å²) in [6.07, 6.45) is 2.43. The molecule has 0 aromatic heterocycles. The van der Waals surface area contributed by atoms with Crippen molar-refractivity contribution in [2.75, 3.05) is 47.0 Å². The summed E-state index contributed by atoms with van der Waals surface area (Å²) in [5.74, 6) is 0.523. The van der Waals surface area contributed by atoms with Crippen LogP contribution < -0.4 is 16.0 Å². The van der Waals surface area contributed by atoms with E-state index < -0.39 is 0 Å². The van der Waals surface area contributed by atoms with E-state index in [0.717, 1.165) is 19.4 Å². The largest absolute Gasteiger partial charge is 0.383 e. The molecule has 0 aliphatic carbocycles. The average Bonchev–Trinajstić information content (AvgIpc) is 2.92. The maximum absolute atomic E-state index is 11.5. The van der Waals surface area contributed by atoms with Crippen LogP contribution in [-0.2, 0) is 14.3 Å². The third-order valence-corrected chi connectivity index (χ3v) is 2.79. The second-order valence-electron chi connectivity index (χ2n) is 4.28. The summed E-state index contributed by atoms with van der Waals surface area (Å²) in [6, 6.07) is 0. The number of amides is 1. The summed E-state index contributed by atoms with van der Waals surface area (Å²) in [5, 5.41) is 8.82. The SMILES string of the molecule is CN=C(NCC(=O)NCCOC)NCC1CCCO1. The van der Waals surface area contributed by atoms with E-state index in [-0.39, 0.29) is 18.6 Å².